The molecule has 0 spiro atoms. The number of hydrogen-bond acceptors (Lipinski definition) is 4. The highest BCUT2D eigenvalue weighted by atomic mass is 16.3. The van der Waals surface area contributed by atoms with E-state index >= 15 is 0 Å². The summed E-state index contributed by atoms with van der Waals surface area (Å²) >= 11 is 0. The first-order valence-corrected chi connectivity index (χ1v) is 4.89. The number of hydrogen-bond donors (Lipinski definition) is 0. The van der Waals surface area contributed by atoms with Crippen LogP contribution < -0.4 is 0 Å². The van der Waals surface area contributed by atoms with Gasteiger partial charge in [0.25, 0.3) is 0 Å². The first-order chi connectivity index (χ1) is 7.63. The lowest BCUT2D eigenvalue weighted by Crippen LogP contribution is -1.87. The van der Waals surface area contributed by atoms with Gasteiger partial charge < -0.3 is 4.42 Å². The molecule has 0 amide bonds. The summed E-state index contributed by atoms with van der Waals surface area (Å²) in [6, 6.07) is 3.39. The van der Waals surface area contributed by atoms with Gasteiger partial charge in [-0.2, -0.15) is 0 Å². The molecule has 4 heteroatoms. The fourth-order valence-corrected chi connectivity index (χ4v) is 0.994. The molecule has 2 rings (SSSR count). The van der Waals surface area contributed by atoms with Gasteiger partial charge in [0.15, 0.2) is 12.0 Å². The van der Waals surface area contributed by atoms with Crippen LogP contribution in [0.5, 0.6) is 0 Å². The fourth-order valence-electron chi connectivity index (χ4n) is 0.994. The monoisotopic (exact) mass is 218 g/mol. The van der Waals surface area contributed by atoms with Gasteiger partial charge in [0.05, 0.1) is 11.4 Å². The molecule has 0 aliphatic rings. The average Bonchev–Trinajstić information content (AvgIpc) is 2.70. The van der Waals surface area contributed by atoms with Gasteiger partial charge in [-0.1, -0.05) is 0 Å². The summed E-state index contributed by atoms with van der Waals surface area (Å²) in [7, 11) is 0. The van der Waals surface area contributed by atoms with Crippen molar-refractivity contribution < 1.29 is 9.21 Å². The molecule has 16 heavy (non-hydrogen) atoms. The van der Waals surface area contributed by atoms with Crippen LogP contribution in [0.25, 0.3) is 0 Å². The maximum Gasteiger partial charge on any atom is 0.185 e. The molecule has 2 heterocycles. The van der Waals surface area contributed by atoms with Gasteiger partial charge in [0.1, 0.15) is 5.76 Å². The van der Waals surface area contributed by atoms with Crippen LogP contribution in [0, 0.1) is 20.8 Å². The Morgan fingerprint density at radius 2 is 1.62 bits per heavy atom. The molecule has 0 saturated carbocycles. The Labute approximate surface area is 94.3 Å². The van der Waals surface area contributed by atoms with E-state index in [-0.39, 0.29) is 0 Å². The summed E-state index contributed by atoms with van der Waals surface area (Å²) in [6.45, 7) is 5.69. The van der Waals surface area contributed by atoms with Crippen LogP contribution in [-0.2, 0) is 0 Å². The quantitative estimate of drug-likeness (QED) is 0.690. The third kappa shape index (κ3) is 3.65. The molecule has 0 bridgehead atoms. The number of furan rings is 1. The lowest BCUT2D eigenvalue weighted by atomic mass is 10.4. The van der Waals surface area contributed by atoms with Gasteiger partial charge in [-0.05, 0) is 32.9 Å². The third-order valence-corrected chi connectivity index (χ3v) is 2.00. The standard InChI is InChI=1S/C6H8N2.C6H6O2/c1-5-6(2)8-4-3-7-5;1-5-2-3-6(4-7)8-5/h3-4H,1-2H3;2-4H,1H3. The topological polar surface area (TPSA) is 56.0 Å². The van der Waals surface area contributed by atoms with Crippen LogP contribution in [0.3, 0.4) is 0 Å². The van der Waals surface area contributed by atoms with Crippen molar-refractivity contribution in [2.45, 2.75) is 20.8 Å². The first-order valence-electron chi connectivity index (χ1n) is 4.89. The Morgan fingerprint density at radius 3 is 1.88 bits per heavy atom. The number of aryl methyl sites for hydroxylation is 3. The number of nitrogens with zero attached hydrogens (tertiary/aromatic N) is 2. The fraction of sp³-hybridized carbons (Fsp3) is 0.250. The molecule has 2 aromatic heterocycles. The maximum absolute atomic E-state index is 9.93. The highest BCUT2D eigenvalue weighted by Gasteiger charge is 1.91. The van der Waals surface area contributed by atoms with Crippen LogP contribution in [0.4, 0.5) is 0 Å². The minimum atomic E-state index is 0.391. The molecule has 0 aliphatic heterocycles. The van der Waals surface area contributed by atoms with Crippen molar-refractivity contribution in [1.29, 1.82) is 0 Å². The second-order valence-electron chi connectivity index (χ2n) is 3.29. The molecule has 0 atom stereocenters. The zero-order valence-corrected chi connectivity index (χ0v) is 9.60. The van der Waals surface area contributed by atoms with Crippen LogP contribution in [-0.4, -0.2) is 16.3 Å². The van der Waals surface area contributed by atoms with Crippen molar-refractivity contribution in [2.24, 2.45) is 0 Å². The Bertz CT molecular complexity index is 443. The SMILES string of the molecule is Cc1ccc(C=O)o1.Cc1nccnc1C. The molecule has 0 N–H and O–H groups in total. The minimum absolute atomic E-state index is 0.391. The second kappa shape index (κ2) is 5.80. The number of carbonyl (C=O) groups is 1. The van der Waals surface area contributed by atoms with Crippen molar-refractivity contribution in [1.82, 2.24) is 9.97 Å². The van der Waals surface area contributed by atoms with Crippen LogP contribution in [0.1, 0.15) is 27.7 Å². The van der Waals surface area contributed by atoms with Crippen LogP contribution in [0.15, 0.2) is 28.9 Å². The van der Waals surface area contributed by atoms with E-state index in [0.717, 1.165) is 17.1 Å². The van der Waals surface area contributed by atoms with Gasteiger partial charge in [0, 0.05) is 12.4 Å². The van der Waals surface area contributed by atoms with Crippen LogP contribution in [0.2, 0.25) is 0 Å². The third-order valence-electron chi connectivity index (χ3n) is 2.00. The number of carbonyl (C=O) groups excluding carboxylic acids is 1. The summed E-state index contributed by atoms with van der Waals surface area (Å²) < 4.78 is 4.86. The second-order valence-corrected chi connectivity index (χ2v) is 3.29. The predicted molar refractivity (Wildman–Crippen MR) is 60.3 cm³/mol. The highest BCUT2D eigenvalue weighted by molar-refractivity contribution is 5.70. The van der Waals surface area contributed by atoms with E-state index in [1.807, 2.05) is 13.8 Å². The van der Waals surface area contributed by atoms with E-state index in [0.29, 0.717) is 12.0 Å². The molecule has 84 valence electrons. The number of aromatic nitrogens is 2. The van der Waals surface area contributed by atoms with E-state index in [1.165, 1.54) is 0 Å². The molecule has 0 aliphatic carbocycles. The molecule has 0 saturated heterocycles. The number of rotatable bonds is 1. The zero-order valence-electron chi connectivity index (χ0n) is 9.60. The van der Waals surface area contributed by atoms with Gasteiger partial charge in [0.2, 0.25) is 0 Å². The lowest BCUT2D eigenvalue weighted by molar-refractivity contribution is 0.109. The summed E-state index contributed by atoms with van der Waals surface area (Å²) in [6.07, 6.45) is 4.08. The molecular formula is C12H14N2O2. The summed E-state index contributed by atoms with van der Waals surface area (Å²) in [5.41, 5.74) is 2.01. The van der Waals surface area contributed by atoms with Crippen molar-refractivity contribution >= 4 is 6.29 Å². The highest BCUT2D eigenvalue weighted by Crippen LogP contribution is 2.01. The van der Waals surface area contributed by atoms with Gasteiger partial charge >= 0.3 is 0 Å². The van der Waals surface area contributed by atoms with Crippen molar-refractivity contribution in [3.63, 3.8) is 0 Å². The predicted octanol–water partition coefficient (Wildman–Crippen LogP) is 2.49. The molecular weight excluding hydrogens is 204 g/mol. The Morgan fingerprint density at radius 1 is 1.06 bits per heavy atom. The Hall–Kier alpha value is -1.97. The van der Waals surface area contributed by atoms with Crippen molar-refractivity contribution in [3.8, 4) is 0 Å². The summed E-state index contributed by atoms with van der Waals surface area (Å²) in [4.78, 5) is 18.0. The Balaban J connectivity index is 0.000000160. The van der Waals surface area contributed by atoms with Crippen molar-refractivity contribution in [2.75, 3.05) is 0 Å². The molecule has 0 radical (unpaired) electrons. The van der Waals surface area contributed by atoms with E-state index in [2.05, 4.69) is 9.97 Å². The van der Waals surface area contributed by atoms with Crippen LogP contribution >= 0.6 is 0 Å². The Kier molecular flexibility index (Phi) is 4.39. The van der Waals surface area contributed by atoms with Crippen molar-refractivity contribution in [3.05, 3.63) is 47.4 Å². The number of aldehydes is 1. The maximum atomic E-state index is 9.93. The zero-order chi connectivity index (χ0) is 12.0. The molecule has 0 fully saturated rings. The van der Waals surface area contributed by atoms with Gasteiger partial charge in [-0.25, -0.2) is 0 Å². The summed E-state index contributed by atoms with van der Waals surface area (Å²) in [5.74, 6) is 1.16. The normalized spacial score (nSPS) is 9.19. The molecule has 4 nitrogen and oxygen atoms in total. The average molecular weight is 218 g/mol. The minimum Gasteiger partial charge on any atom is -0.459 e. The molecule has 0 aromatic carbocycles. The van der Waals surface area contributed by atoms with E-state index < -0.39 is 0 Å². The van der Waals surface area contributed by atoms with Gasteiger partial charge in [-0.15, -0.1) is 0 Å². The molecule has 2 aromatic rings. The first kappa shape index (κ1) is 12.1. The largest absolute Gasteiger partial charge is 0.459 e. The van der Waals surface area contributed by atoms with Gasteiger partial charge in [-0.3, -0.25) is 14.8 Å². The smallest absolute Gasteiger partial charge is 0.185 e. The summed E-state index contributed by atoms with van der Waals surface area (Å²) in [5, 5.41) is 0. The molecule has 0 unspecified atom stereocenters. The van der Waals surface area contributed by atoms with E-state index in [1.54, 1.807) is 31.5 Å². The lowest BCUT2D eigenvalue weighted by Gasteiger charge is -1.91. The van der Waals surface area contributed by atoms with E-state index in [4.69, 9.17) is 4.42 Å². The van der Waals surface area contributed by atoms with E-state index in [9.17, 15) is 4.79 Å².